The zero-order valence-corrected chi connectivity index (χ0v) is 19.9. The zero-order chi connectivity index (χ0) is 23.1. The first-order valence-corrected chi connectivity index (χ1v) is 11.7. The van der Waals surface area contributed by atoms with Crippen LogP contribution < -0.4 is 15.4 Å². The van der Waals surface area contributed by atoms with E-state index in [0.29, 0.717) is 0 Å². The summed E-state index contributed by atoms with van der Waals surface area (Å²) in [6, 6.07) is 16.8. The highest BCUT2D eigenvalue weighted by Crippen LogP contribution is 2.35. The zero-order valence-electron chi connectivity index (χ0n) is 19.9. The van der Waals surface area contributed by atoms with Crippen LogP contribution in [0, 0.1) is 6.92 Å². The maximum Gasteiger partial charge on any atom is 0.191 e. The monoisotopic (exact) mass is 449 g/mol. The van der Waals surface area contributed by atoms with Crippen molar-refractivity contribution in [3.05, 3.63) is 59.9 Å². The van der Waals surface area contributed by atoms with Crippen molar-refractivity contribution in [1.82, 2.24) is 20.2 Å². The molecule has 1 aromatic heterocycles. The average molecular weight is 450 g/mol. The molecule has 33 heavy (non-hydrogen) atoms. The van der Waals surface area contributed by atoms with Crippen LogP contribution in [0.1, 0.15) is 30.7 Å². The number of aromatic nitrogens is 2. The fourth-order valence-electron chi connectivity index (χ4n) is 4.67. The number of aryl methyl sites for hydroxylation is 2. The smallest absolute Gasteiger partial charge is 0.191 e. The molecule has 1 saturated heterocycles. The molecule has 176 valence electrons. The number of rotatable bonds is 8. The lowest BCUT2D eigenvalue weighted by Gasteiger charge is -2.38. The summed E-state index contributed by atoms with van der Waals surface area (Å²) in [6.07, 6.45) is 2.95. The van der Waals surface area contributed by atoms with Gasteiger partial charge in [-0.05, 0) is 56.0 Å². The number of ether oxygens (including phenoxy) is 2. The number of fused-ring (bicyclic) bond motifs is 1. The maximum absolute atomic E-state index is 5.67. The van der Waals surface area contributed by atoms with Crippen LogP contribution in [-0.2, 0) is 16.7 Å². The van der Waals surface area contributed by atoms with Gasteiger partial charge in [0.1, 0.15) is 11.6 Å². The molecule has 7 nitrogen and oxygen atoms in total. The van der Waals surface area contributed by atoms with E-state index in [2.05, 4.69) is 62.4 Å². The summed E-state index contributed by atoms with van der Waals surface area (Å²) >= 11 is 0. The van der Waals surface area contributed by atoms with Crippen LogP contribution in [0.5, 0.6) is 5.75 Å². The van der Waals surface area contributed by atoms with Crippen molar-refractivity contribution in [1.29, 1.82) is 0 Å². The Morgan fingerprint density at radius 3 is 2.61 bits per heavy atom. The summed E-state index contributed by atoms with van der Waals surface area (Å²) in [5.74, 6) is 2.77. The SMILES string of the molecule is CN=C(NCCCn1c(C)nc2ccccc21)NCC1(c2ccc(OC)cc2)CCOCC1. The lowest BCUT2D eigenvalue weighted by Crippen LogP contribution is -2.48. The second-order valence-electron chi connectivity index (χ2n) is 8.63. The van der Waals surface area contributed by atoms with Gasteiger partial charge in [-0.1, -0.05) is 24.3 Å². The molecule has 0 saturated carbocycles. The van der Waals surface area contributed by atoms with E-state index < -0.39 is 0 Å². The largest absolute Gasteiger partial charge is 0.497 e. The number of imidazole rings is 1. The second-order valence-corrected chi connectivity index (χ2v) is 8.63. The highest BCUT2D eigenvalue weighted by Gasteiger charge is 2.34. The van der Waals surface area contributed by atoms with E-state index in [4.69, 9.17) is 9.47 Å². The number of hydrogen-bond acceptors (Lipinski definition) is 4. The predicted molar refractivity (Wildman–Crippen MR) is 133 cm³/mol. The van der Waals surface area contributed by atoms with Gasteiger partial charge in [0.15, 0.2) is 5.96 Å². The number of guanidine groups is 1. The first-order chi connectivity index (χ1) is 16.1. The molecule has 0 radical (unpaired) electrons. The van der Waals surface area contributed by atoms with E-state index in [9.17, 15) is 0 Å². The van der Waals surface area contributed by atoms with Crippen molar-refractivity contribution in [2.75, 3.05) is 40.5 Å². The van der Waals surface area contributed by atoms with Crippen LogP contribution in [0.25, 0.3) is 11.0 Å². The third kappa shape index (κ3) is 5.30. The highest BCUT2D eigenvalue weighted by atomic mass is 16.5. The number of methoxy groups -OCH3 is 1. The number of nitrogens with one attached hydrogen (secondary N) is 2. The van der Waals surface area contributed by atoms with Crippen LogP contribution >= 0.6 is 0 Å². The van der Waals surface area contributed by atoms with Gasteiger partial charge >= 0.3 is 0 Å². The van der Waals surface area contributed by atoms with Gasteiger partial charge in [-0.3, -0.25) is 4.99 Å². The number of nitrogens with zero attached hydrogens (tertiary/aromatic N) is 3. The van der Waals surface area contributed by atoms with Crippen molar-refractivity contribution in [2.24, 2.45) is 4.99 Å². The van der Waals surface area contributed by atoms with Crippen LogP contribution in [0.2, 0.25) is 0 Å². The summed E-state index contributed by atoms with van der Waals surface area (Å²) in [5, 5.41) is 7.05. The molecular formula is C26H35N5O2. The summed E-state index contributed by atoms with van der Waals surface area (Å²) in [7, 11) is 3.53. The number of aliphatic imine (C=N–C) groups is 1. The lowest BCUT2D eigenvalue weighted by atomic mass is 9.74. The Labute approximate surface area is 196 Å². The third-order valence-corrected chi connectivity index (χ3v) is 6.67. The van der Waals surface area contributed by atoms with Crippen LogP contribution in [0.4, 0.5) is 0 Å². The van der Waals surface area contributed by atoms with Gasteiger partial charge in [-0.15, -0.1) is 0 Å². The minimum Gasteiger partial charge on any atom is -0.497 e. The first kappa shape index (κ1) is 23.1. The Hall–Kier alpha value is -3.06. The highest BCUT2D eigenvalue weighted by molar-refractivity contribution is 5.79. The summed E-state index contributed by atoms with van der Waals surface area (Å²) in [6.45, 7) is 6.19. The van der Waals surface area contributed by atoms with Crippen LogP contribution in [0.15, 0.2) is 53.5 Å². The van der Waals surface area contributed by atoms with Gasteiger partial charge in [0.2, 0.25) is 0 Å². The summed E-state index contributed by atoms with van der Waals surface area (Å²) in [4.78, 5) is 9.11. The molecule has 1 fully saturated rings. The van der Waals surface area contributed by atoms with Gasteiger partial charge in [-0.2, -0.15) is 0 Å². The Morgan fingerprint density at radius 2 is 1.88 bits per heavy atom. The number of hydrogen-bond donors (Lipinski definition) is 2. The first-order valence-electron chi connectivity index (χ1n) is 11.7. The van der Waals surface area contributed by atoms with E-state index in [0.717, 1.165) is 75.2 Å². The normalized spacial score (nSPS) is 16.0. The molecule has 3 aromatic rings. The topological polar surface area (TPSA) is 72.7 Å². The molecule has 0 atom stereocenters. The van der Waals surface area contributed by atoms with Gasteiger partial charge in [-0.25, -0.2) is 4.98 Å². The van der Waals surface area contributed by atoms with Gasteiger partial charge in [0.25, 0.3) is 0 Å². The van der Waals surface area contributed by atoms with Crippen molar-refractivity contribution in [2.45, 2.75) is 38.1 Å². The van der Waals surface area contributed by atoms with E-state index >= 15 is 0 Å². The molecule has 2 N–H and O–H groups in total. The molecule has 1 aliphatic rings. The Bertz CT molecular complexity index is 1070. The van der Waals surface area contributed by atoms with E-state index in [-0.39, 0.29) is 5.41 Å². The van der Waals surface area contributed by atoms with Crippen molar-refractivity contribution in [3.63, 3.8) is 0 Å². The summed E-state index contributed by atoms with van der Waals surface area (Å²) in [5.41, 5.74) is 3.59. The van der Waals surface area contributed by atoms with Crippen molar-refractivity contribution < 1.29 is 9.47 Å². The fraction of sp³-hybridized carbons (Fsp3) is 0.462. The average Bonchev–Trinajstić information content (AvgIpc) is 3.19. The quantitative estimate of drug-likeness (QED) is 0.312. The number of para-hydroxylation sites is 2. The molecule has 0 spiro atoms. The van der Waals surface area contributed by atoms with Crippen LogP contribution in [-0.4, -0.2) is 56.0 Å². The molecule has 7 heteroatoms. The van der Waals surface area contributed by atoms with Gasteiger partial charge in [0.05, 0.1) is 18.1 Å². The molecule has 1 aliphatic heterocycles. The van der Waals surface area contributed by atoms with Gasteiger partial charge < -0.3 is 24.7 Å². The molecule has 0 amide bonds. The Kier molecular flexibility index (Phi) is 7.50. The fourth-order valence-corrected chi connectivity index (χ4v) is 4.67. The maximum atomic E-state index is 5.67. The molecule has 4 rings (SSSR count). The minimum atomic E-state index is 0.0228. The molecular weight excluding hydrogens is 414 g/mol. The third-order valence-electron chi connectivity index (χ3n) is 6.67. The lowest BCUT2D eigenvalue weighted by molar-refractivity contribution is 0.0513. The molecule has 0 bridgehead atoms. The number of benzene rings is 2. The standard InChI is InChI=1S/C26H35N5O2/c1-20-30-23-7-4-5-8-24(23)31(20)16-6-15-28-25(27-2)29-19-26(13-17-33-18-14-26)21-9-11-22(32-3)12-10-21/h4-5,7-12H,6,13-19H2,1-3H3,(H2,27,28,29). The predicted octanol–water partition coefficient (Wildman–Crippen LogP) is 3.66. The van der Waals surface area contributed by atoms with E-state index in [1.165, 1.54) is 11.1 Å². The van der Waals surface area contributed by atoms with Crippen LogP contribution in [0.3, 0.4) is 0 Å². The second kappa shape index (κ2) is 10.7. The van der Waals surface area contributed by atoms with E-state index in [1.54, 1.807) is 7.11 Å². The molecule has 2 heterocycles. The van der Waals surface area contributed by atoms with E-state index in [1.807, 2.05) is 25.2 Å². The summed E-state index contributed by atoms with van der Waals surface area (Å²) < 4.78 is 13.3. The van der Waals surface area contributed by atoms with Crippen molar-refractivity contribution in [3.8, 4) is 5.75 Å². The van der Waals surface area contributed by atoms with Crippen molar-refractivity contribution >= 4 is 17.0 Å². The minimum absolute atomic E-state index is 0.0228. The molecule has 2 aromatic carbocycles. The molecule has 0 aliphatic carbocycles. The molecule has 0 unspecified atom stereocenters. The van der Waals surface area contributed by atoms with Gasteiger partial charge in [0, 0.05) is 45.3 Å². The Morgan fingerprint density at radius 1 is 1.12 bits per heavy atom. The Balaban J connectivity index is 1.33.